The molecule has 0 saturated heterocycles. The largest absolute Gasteiger partial charge is 0.360 e. The van der Waals surface area contributed by atoms with Gasteiger partial charge in [-0.25, -0.2) is 0 Å². The summed E-state index contributed by atoms with van der Waals surface area (Å²) in [6.07, 6.45) is 0.879. The Labute approximate surface area is 78.5 Å². The van der Waals surface area contributed by atoms with E-state index < -0.39 is 0 Å². The molecule has 70 valence electrons. The second-order valence-electron chi connectivity index (χ2n) is 2.79. The smallest absolute Gasteiger partial charge is 0.150 e. The lowest BCUT2D eigenvalue weighted by atomic mass is 10.3. The average Bonchev–Trinajstić information content (AvgIpc) is 2.51. The Morgan fingerprint density at radius 2 is 2.46 bits per heavy atom. The van der Waals surface area contributed by atoms with Gasteiger partial charge in [-0.3, -0.25) is 0 Å². The first-order valence-corrected chi connectivity index (χ1v) is 4.35. The molecule has 1 aromatic rings. The van der Waals surface area contributed by atoms with Crippen molar-refractivity contribution in [2.75, 3.05) is 6.54 Å². The number of aryl methyl sites for hydroxylation is 1. The lowest BCUT2D eigenvalue weighted by Gasteiger charge is -1.96. The van der Waals surface area contributed by atoms with Gasteiger partial charge in [-0.2, -0.15) is 0 Å². The molecule has 0 atom stereocenters. The summed E-state index contributed by atoms with van der Waals surface area (Å²) in [4.78, 5) is 0. The standard InChI is InChI=1S/C10H14N2O/c1-3-4-5-6-11-8-10-7-9(2)12-13-10/h7,11H,5-6,8H2,1-2H3. The van der Waals surface area contributed by atoms with E-state index in [9.17, 15) is 0 Å². The van der Waals surface area contributed by atoms with E-state index >= 15 is 0 Å². The minimum absolute atomic E-state index is 0.728. The van der Waals surface area contributed by atoms with Crippen molar-refractivity contribution in [3.63, 3.8) is 0 Å². The zero-order chi connectivity index (χ0) is 9.52. The maximum absolute atomic E-state index is 5.02. The van der Waals surface area contributed by atoms with Crippen molar-refractivity contribution in [2.24, 2.45) is 0 Å². The summed E-state index contributed by atoms with van der Waals surface area (Å²) < 4.78 is 5.02. The second kappa shape index (κ2) is 5.39. The highest BCUT2D eigenvalue weighted by atomic mass is 16.5. The highest BCUT2D eigenvalue weighted by molar-refractivity contribution is 5.02. The van der Waals surface area contributed by atoms with Crippen LogP contribution in [0.25, 0.3) is 0 Å². The Morgan fingerprint density at radius 1 is 1.62 bits per heavy atom. The summed E-state index contributed by atoms with van der Waals surface area (Å²) in [5.74, 6) is 6.70. The van der Waals surface area contributed by atoms with Gasteiger partial charge in [0.1, 0.15) is 0 Å². The van der Waals surface area contributed by atoms with Crippen LogP contribution < -0.4 is 5.32 Å². The van der Waals surface area contributed by atoms with Gasteiger partial charge in [0.15, 0.2) is 5.76 Å². The zero-order valence-electron chi connectivity index (χ0n) is 8.05. The number of hydrogen-bond acceptors (Lipinski definition) is 3. The van der Waals surface area contributed by atoms with E-state index in [1.807, 2.05) is 19.9 Å². The summed E-state index contributed by atoms with van der Waals surface area (Å²) in [6.45, 7) is 5.38. The van der Waals surface area contributed by atoms with E-state index in [1.54, 1.807) is 0 Å². The average molecular weight is 178 g/mol. The predicted octanol–water partition coefficient (Wildman–Crippen LogP) is 1.49. The summed E-state index contributed by atoms with van der Waals surface area (Å²) in [5, 5.41) is 7.00. The quantitative estimate of drug-likeness (QED) is 0.560. The summed E-state index contributed by atoms with van der Waals surface area (Å²) in [6, 6.07) is 1.93. The van der Waals surface area contributed by atoms with Crippen molar-refractivity contribution in [2.45, 2.75) is 26.8 Å². The minimum Gasteiger partial charge on any atom is -0.360 e. The van der Waals surface area contributed by atoms with Crippen LogP contribution in [0.2, 0.25) is 0 Å². The van der Waals surface area contributed by atoms with Crippen molar-refractivity contribution in [3.8, 4) is 11.8 Å². The van der Waals surface area contributed by atoms with Crippen molar-refractivity contribution >= 4 is 0 Å². The molecule has 3 nitrogen and oxygen atoms in total. The molecule has 0 radical (unpaired) electrons. The Bertz CT molecular complexity index is 306. The lowest BCUT2D eigenvalue weighted by molar-refractivity contribution is 0.370. The van der Waals surface area contributed by atoms with E-state index in [2.05, 4.69) is 22.3 Å². The van der Waals surface area contributed by atoms with Crippen LogP contribution in [-0.4, -0.2) is 11.7 Å². The van der Waals surface area contributed by atoms with Crippen LogP contribution in [0.15, 0.2) is 10.6 Å². The van der Waals surface area contributed by atoms with Gasteiger partial charge in [0.25, 0.3) is 0 Å². The molecule has 1 aromatic heterocycles. The highest BCUT2D eigenvalue weighted by Crippen LogP contribution is 2.00. The third-order valence-corrected chi connectivity index (χ3v) is 1.58. The Morgan fingerprint density at radius 3 is 3.08 bits per heavy atom. The molecule has 0 aliphatic carbocycles. The fraction of sp³-hybridized carbons (Fsp3) is 0.500. The fourth-order valence-electron chi connectivity index (χ4n) is 0.987. The molecule has 0 saturated carbocycles. The molecule has 0 bridgehead atoms. The molecule has 0 unspecified atom stereocenters. The van der Waals surface area contributed by atoms with E-state index in [4.69, 9.17) is 4.52 Å². The molecule has 1 heterocycles. The first-order valence-electron chi connectivity index (χ1n) is 4.35. The third kappa shape index (κ3) is 3.77. The Kier molecular flexibility index (Phi) is 4.07. The van der Waals surface area contributed by atoms with Gasteiger partial charge in [0.05, 0.1) is 12.2 Å². The number of rotatable bonds is 4. The number of aromatic nitrogens is 1. The number of nitrogens with zero attached hydrogens (tertiary/aromatic N) is 1. The van der Waals surface area contributed by atoms with Gasteiger partial charge in [-0.05, 0) is 13.8 Å². The molecule has 13 heavy (non-hydrogen) atoms. The van der Waals surface area contributed by atoms with Crippen LogP contribution in [0.4, 0.5) is 0 Å². The predicted molar refractivity (Wildman–Crippen MR) is 51.0 cm³/mol. The van der Waals surface area contributed by atoms with E-state index in [0.717, 1.165) is 31.0 Å². The maximum atomic E-state index is 5.02. The van der Waals surface area contributed by atoms with Crippen LogP contribution in [0.1, 0.15) is 24.8 Å². The zero-order valence-corrected chi connectivity index (χ0v) is 8.05. The van der Waals surface area contributed by atoms with Gasteiger partial charge in [-0.15, -0.1) is 11.8 Å². The molecule has 0 amide bonds. The van der Waals surface area contributed by atoms with Gasteiger partial charge >= 0.3 is 0 Å². The SMILES string of the molecule is CC#CCCNCc1cc(C)no1. The molecule has 0 aromatic carbocycles. The van der Waals surface area contributed by atoms with E-state index in [0.29, 0.717) is 0 Å². The Balaban J connectivity index is 2.15. The van der Waals surface area contributed by atoms with Crippen LogP contribution in [-0.2, 0) is 6.54 Å². The van der Waals surface area contributed by atoms with Crippen molar-refractivity contribution in [1.82, 2.24) is 10.5 Å². The molecule has 0 spiro atoms. The lowest BCUT2D eigenvalue weighted by Crippen LogP contribution is -2.13. The maximum Gasteiger partial charge on any atom is 0.150 e. The first-order chi connectivity index (χ1) is 6.33. The molecule has 0 aliphatic rings. The summed E-state index contributed by atoms with van der Waals surface area (Å²) >= 11 is 0. The molecule has 3 heteroatoms. The molecule has 1 rings (SSSR count). The van der Waals surface area contributed by atoms with Gasteiger partial charge in [0.2, 0.25) is 0 Å². The van der Waals surface area contributed by atoms with E-state index in [1.165, 1.54) is 0 Å². The minimum atomic E-state index is 0.728. The summed E-state index contributed by atoms with van der Waals surface area (Å²) in [7, 11) is 0. The van der Waals surface area contributed by atoms with E-state index in [-0.39, 0.29) is 0 Å². The van der Waals surface area contributed by atoms with Crippen LogP contribution in [0, 0.1) is 18.8 Å². The van der Waals surface area contributed by atoms with Crippen molar-refractivity contribution in [3.05, 3.63) is 17.5 Å². The van der Waals surface area contributed by atoms with Crippen LogP contribution in [0.3, 0.4) is 0 Å². The van der Waals surface area contributed by atoms with Gasteiger partial charge in [-0.1, -0.05) is 5.16 Å². The number of nitrogens with one attached hydrogen (secondary N) is 1. The highest BCUT2D eigenvalue weighted by Gasteiger charge is 1.97. The molecule has 0 fully saturated rings. The van der Waals surface area contributed by atoms with Crippen molar-refractivity contribution in [1.29, 1.82) is 0 Å². The second-order valence-corrected chi connectivity index (χ2v) is 2.79. The Hall–Kier alpha value is -1.27. The van der Waals surface area contributed by atoms with Gasteiger partial charge < -0.3 is 9.84 Å². The van der Waals surface area contributed by atoms with Crippen LogP contribution >= 0.6 is 0 Å². The molecule has 1 N–H and O–H groups in total. The molecule has 0 aliphatic heterocycles. The first kappa shape index (κ1) is 9.82. The van der Waals surface area contributed by atoms with Crippen LogP contribution in [0.5, 0.6) is 0 Å². The third-order valence-electron chi connectivity index (χ3n) is 1.58. The monoisotopic (exact) mass is 178 g/mol. The normalized spacial score (nSPS) is 9.38. The topological polar surface area (TPSA) is 38.1 Å². The molecular formula is C10H14N2O. The fourth-order valence-corrected chi connectivity index (χ4v) is 0.987. The van der Waals surface area contributed by atoms with Crippen molar-refractivity contribution < 1.29 is 4.52 Å². The van der Waals surface area contributed by atoms with Gasteiger partial charge in [0, 0.05) is 19.0 Å². The summed E-state index contributed by atoms with van der Waals surface area (Å²) in [5.41, 5.74) is 0.921. The number of hydrogen-bond donors (Lipinski definition) is 1. The molecular weight excluding hydrogens is 164 g/mol.